The van der Waals surface area contributed by atoms with Crippen molar-refractivity contribution >= 4 is 5.97 Å². The monoisotopic (exact) mass is 265 g/mol. The van der Waals surface area contributed by atoms with E-state index in [1.54, 1.807) is 7.11 Å². The molecule has 0 aromatic heterocycles. The summed E-state index contributed by atoms with van der Waals surface area (Å²) in [5.74, 6) is -0.0649. The van der Waals surface area contributed by atoms with Crippen LogP contribution < -0.4 is 4.74 Å². The zero-order valence-electron chi connectivity index (χ0n) is 11.3. The van der Waals surface area contributed by atoms with Crippen molar-refractivity contribution in [3.63, 3.8) is 0 Å². The molecular weight excluding hydrogens is 246 g/mol. The fraction of sp³-hybridized carbons (Fsp3) is 0.500. The maximum atomic E-state index is 11.0. The maximum Gasteiger partial charge on any atom is 0.334 e. The highest BCUT2D eigenvalue weighted by Gasteiger charge is 2.26. The van der Waals surface area contributed by atoms with Gasteiger partial charge in [-0.15, -0.1) is 0 Å². The van der Waals surface area contributed by atoms with Gasteiger partial charge < -0.3 is 14.6 Å². The molecule has 0 saturated carbocycles. The van der Waals surface area contributed by atoms with Gasteiger partial charge in [0.15, 0.2) is 6.10 Å². The van der Waals surface area contributed by atoms with Crippen LogP contribution in [0.15, 0.2) is 18.2 Å². The lowest BCUT2D eigenvalue weighted by molar-refractivity contribution is -0.156. The van der Waals surface area contributed by atoms with Crippen LogP contribution in [-0.4, -0.2) is 48.9 Å². The minimum atomic E-state index is -0.902. The quantitative estimate of drug-likeness (QED) is 0.889. The molecule has 1 aliphatic heterocycles. The van der Waals surface area contributed by atoms with Gasteiger partial charge in [-0.25, -0.2) is 4.79 Å². The van der Waals surface area contributed by atoms with Crippen molar-refractivity contribution in [3.8, 4) is 5.75 Å². The van der Waals surface area contributed by atoms with Gasteiger partial charge in [0, 0.05) is 25.2 Å². The number of nitrogens with zero attached hydrogens (tertiary/aromatic N) is 1. The second kappa shape index (κ2) is 6.04. The molecule has 1 atom stereocenters. The van der Waals surface area contributed by atoms with Crippen molar-refractivity contribution < 1.29 is 19.4 Å². The molecule has 0 spiro atoms. The van der Waals surface area contributed by atoms with E-state index >= 15 is 0 Å². The molecule has 2 rings (SSSR count). The smallest absolute Gasteiger partial charge is 0.334 e. The minimum absolute atomic E-state index is 0.409. The molecule has 19 heavy (non-hydrogen) atoms. The van der Waals surface area contributed by atoms with Crippen LogP contribution >= 0.6 is 0 Å². The minimum Gasteiger partial charge on any atom is -0.496 e. The Labute approximate surface area is 112 Å². The number of hydrogen-bond donors (Lipinski definition) is 1. The normalized spacial score (nSPS) is 20.2. The van der Waals surface area contributed by atoms with Crippen LogP contribution in [0.25, 0.3) is 0 Å². The Hall–Kier alpha value is -1.59. The predicted molar refractivity (Wildman–Crippen MR) is 70.4 cm³/mol. The molecule has 1 N–H and O–H groups in total. The van der Waals surface area contributed by atoms with Crippen molar-refractivity contribution in [1.82, 2.24) is 4.90 Å². The first-order valence-corrected chi connectivity index (χ1v) is 6.30. The number of aryl methyl sites for hydroxylation is 1. The molecule has 1 heterocycles. The lowest BCUT2D eigenvalue weighted by atomic mass is 10.1. The summed E-state index contributed by atoms with van der Waals surface area (Å²) in [5, 5.41) is 8.99. The number of carbonyl (C=O) groups is 1. The lowest BCUT2D eigenvalue weighted by Gasteiger charge is -2.31. The highest BCUT2D eigenvalue weighted by Crippen LogP contribution is 2.22. The fourth-order valence-electron chi connectivity index (χ4n) is 2.27. The van der Waals surface area contributed by atoms with Gasteiger partial charge >= 0.3 is 5.97 Å². The molecule has 5 heteroatoms. The van der Waals surface area contributed by atoms with Gasteiger partial charge in [0.1, 0.15) is 5.75 Å². The molecule has 0 radical (unpaired) electrons. The van der Waals surface area contributed by atoms with Crippen LogP contribution in [0.4, 0.5) is 0 Å². The number of carboxylic acid groups (broad SMARTS) is 1. The summed E-state index contributed by atoms with van der Waals surface area (Å²) in [7, 11) is 1.65. The number of rotatable bonds is 4. The second-order valence-corrected chi connectivity index (χ2v) is 4.75. The van der Waals surface area contributed by atoms with Crippen LogP contribution in [0.3, 0.4) is 0 Å². The first kappa shape index (κ1) is 13.8. The van der Waals surface area contributed by atoms with Crippen molar-refractivity contribution in [1.29, 1.82) is 0 Å². The number of aliphatic carboxylic acids is 1. The van der Waals surface area contributed by atoms with Gasteiger partial charge in [0.05, 0.1) is 13.7 Å². The van der Waals surface area contributed by atoms with Gasteiger partial charge in [-0.05, 0) is 13.0 Å². The Kier molecular flexibility index (Phi) is 4.39. The van der Waals surface area contributed by atoms with Crippen molar-refractivity contribution in [2.24, 2.45) is 0 Å². The third-order valence-electron chi connectivity index (χ3n) is 3.26. The summed E-state index contributed by atoms with van der Waals surface area (Å²) in [4.78, 5) is 13.0. The Morgan fingerprint density at radius 2 is 2.37 bits per heavy atom. The summed E-state index contributed by atoms with van der Waals surface area (Å²) in [5.41, 5.74) is 2.24. The zero-order chi connectivity index (χ0) is 13.8. The van der Waals surface area contributed by atoms with E-state index in [0.29, 0.717) is 19.7 Å². The van der Waals surface area contributed by atoms with Gasteiger partial charge in [0.2, 0.25) is 0 Å². The molecule has 5 nitrogen and oxygen atoms in total. The molecule has 0 amide bonds. The average Bonchev–Trinajstić information content (AvgIpc) is 2.39. The lowest BCUT2D eigenvalue weighted by Crippen LogP contribution is -2.45. The van der Waals surface area contributed by atoms with E-state index in [1.807, 2.05) is 19.1 Å². The molecule has 1 aromatic carbocycles. The number of hydrogen-bond acceptors (Lipinski definition) is 4. The molecule has 104 valence electrons. The van der Waals surface area contributed by atoms with Crippen molar-refractivity contribution in [2.45, 2.75) is 19.6 Å². The number of carboxylic acids is 1. The third kappa shape index (κ3) is 3.45. The summed E-state index contributed by atoms with van der Waals surface area (Å²) >= 11 is 0. The number of ether oxygens (including phenoxy) is 2. The largest absolute Gasteiger partial charge is 0.496 e. The van der Waals surface area contributed by atoms with E-state index in [9.17, 15) is 4.79 Å². The average molecular weight is 265 g/mol. The van der Waals surface area contributed by atoms with Gasteiger partial charge in [-0.3, -0.25) is 4.90 Å². The molecule has 0 bridgehead atoms. The number of morpholine rings is 1. The molecule has 1 fully saturated rings. The molecule has 0 aliphatic carbocycles. The number of methoxy groups -OCH3 is 1. The van der Waals surface area contributed by atoms with Crippen LogP contribution in [0.2, 0.25) is 0 Å². The van der Waals surface area contributed by atoms with E-state index in [1.165, 1.54) is 5.56 Å². The topological polar surface area (TPSA) is 59.0 Å². The summed E-state index contributed by atoms with van der Waals surface area (Å²) in [6.45, 7) is 4.30. The third-order valence-corrected chi connectivity index (χ3v) is 3.26. The van der Waals surface area contributed by atoms with Crippen LogP contribution in [-0.2, 0) is 16.1 Å². The predicted octanol–water partition coefficient (Wildman–Crippen LogP) is 1.29. The molecular formula is C14H19NO4. The Morgan fingerprint density at radius 1 is 1.58 bits per heavy atom. The first-order chi connectivity index (χ1) is 9.10. The Balaban J connectivity index is 2.08. The summed E-state index contributed by atoms with van der Waals surface area (Å²) < 4.78 is 10.6. The first-order valence-electron chi connectivity index (χ1n) is 6.30. The van der Waals surface area contributed by atoms with Crippen LogP contribution in [0.1, 0.15) is 11.1 Å². The highest BCUT2D eigenvalue weighted by molar-refractivity contribution is 5.72. The Morgan fingerprint density at radius 3 is 3.05 bits per heavy atom. The molecule has 1 aromatic rings. The van der Waals surface area contributed by atoms with Crippen LogP contribution in [0, 0.1) is 6.92 Å². The van der Waals surface area contributed by atoms with E-state index in [0.717, 1.165) is 17.9 Å². The molecule has 1 saturated heterocycles. The second-order valence-electron chi connectivity index (χ2n) is 4.75. The summed E-state index contributed by atoms with van der Waals surface area (Å²) in [6.07, 6.45) is -0.732. The van der Waals surface area contributed by atoms with E-state index < -0.39 is 12.1 Å². The molecule has 1 unspecified atom stereocenters. The number of benzene rings is 1. The van der Waals surface area contributed by atoms with Gasteiger partial charge in [-0.1, -0.05) is 17.7 Å². The highest BCUT2D eigenvalue weighted by atomic mass is 16.5. The molecule has 1 aliphatic rings. The summed E-state index contributed by atoms with van der Waals surface area (Å²) in [6, 6.07) is 6.02. The van der Waals surface area contributed by atoms with Crippen molar-refractivity contribution in [2.75, 3.05) is 26.8 Å². The SMILES string of the molecule is COc1ccc(C)cc1CN1CCOC(C(=O)O)C1. The van der Waals surface area contributed by atoms with Gasteiger partial charge in [-0.2, -0.15) is 0 Å². The van der Waals surface area contributed by atoms with E-state index in [2.05, 4.69) is 11.0 Å². The Bertz CT molecular complexity index is 461. The standard InChI is InChI=1S/C14H19NO4/c1-10-3-4-12(18-2)11(7-10)8-15-5-6-19-13(9-15)14(16)17/h3-4,7,13H,5-6,8-9H2,1-2H3,(H,16,17). The van der Waals surface area contributed by atoms with E-state index in [-0.39, 0.29) is 0 Å². The van der Waals surface area contributed by atoms with Crippen molar-refractivity contribution in [3.05, 3.63) is 29.3 Å². The maximum absolute atomic E-state index is 11.0. The van der Waals surface area contributed by atoms with Crippen LogP contribution in [0.5, 0.6) is 5.75 Å². The zero-order valence-corrected chi connectivity index (χ0v) is 11.3. The van der Waals surface area contributed by atoms with E-state index in [4.69, 9.17) is 14.6 Å². The van der Waals surface area contributed by atoms with Gasteiger partial charge in [0.25, 0.3) is 0 Å². The fourth-order valence-corrected chi connectivity index (χ4v) is 2.27.